The van der Waals surface area contributed by atoms with E-state index in [0.717, 1.165) is 51.4 Å². The summed E-state index contributed by atoms with van der Waals surface area (Å²) in [5.41, 5.74) is 0.349. The van der Waals surface area contributed by atoms with Crippen LogP contribution in [0.4, 0.5) is 13.2 Å². The second-order valence-electron chi connectivity index (χ2n) is 6.67. The molecule has 1 saturated heterocycles. The van der Waals surface area contributed by atoms with Gasteiger partial charge < -0.3 is 10.1 Å². The average molecular weight is 396 g/mol. The van der Waals surface area contributed by atoms with Crippen molar-refractivity contribution >= 4 is 5.91 Å². The molecule has 3 rings (SSSR count). The molecule has 0 saturated carbocycles. The minimum absolute atomic E-state index is 0.263. The lowest BCUT2D eigenvalue weighted by Crippen LogP contribution is -2.38. The number of benzene rings is 1. The van der Waals surface area contributed by atoms with Crippen molar-refractivity contribution in [3.05, 3.63) is 47.3 Å². The number of carbonyl (C=O) groups is 1. The molecule has 1 fully saturated rings. The summed E-state index contributed by atoms with van der Waals surface area (Å²) in [5, 5.41) is 6.95. The number of carbonyl (C=O) groups excluding carboxylic acids is 1. The Kier molecular flexibility index (Phi) is 6.35. The van der Waals surface area contributed by atoms with Crippen LogP contribution in [0.25, 0.3) is 5.69 Å². The number of morpholine rings is 1. The van der Waals surface area contributed by atoms with Crippen LogP contribution < -0.4 is 5.32 Å². The quantitative estimate of drug-likeness (QED) is 0.763. The van der Waals surface area contributed by atoms with Crippen LogP contribution in [0.5, 0.6) is 0 Å². The number of halogens is 3. The van der Waals surface area contributed by atoms with E-state index in [2.05, 4.69) is 15.3 Å². The molecule has 2 aromatic rings. The van der Waals surface area contributed by atoms with E-state index in [4.69, 9.17) is 4.74 Å². The third-order valence-electron chi connectivity index (χ3n) is 4.71. The lowest BCUT2D eigenvalue weighted by Gasteiger charge is -2.26. The first-order valence-electron chi connectivity index (χ1n) is 9.17. The van der Waals surface area contributed by atoms with Crippen LogP contribution in [0, 0.1) is 6.92 Å². The van der Waals surface area contributed by atoms with Gasteiger partial charge in [-0.25, -0.2) is 4.68 Å². The third kappa shape index (κ3) is 4.90. The monoisotopic (exact) mass is 396 g/mol. The van der Waals surface area contributed by atoms with Crippen LogP contribution in [0.15, 0.2) is 30.5 Å². The van der Waals surface area contributed by atoms with E-state index in [1.54, 1.807) is 6.92 Å². The molecule has 1 amide bonds. The number of nitrogens with zero attached hydrogens (tertiary/aromatic N) is 3. The molecule has 28 heavy (non-hydrogen) atoms. The minimum Gasteiger partial charge on any atom is -0.379 e. The highest BCUT2D eigenvalue weighted by atomic mass is 19.4. The van der Waals surface area contributed by atoms with Gasteiger partial charge in [-0.1, -0.05) is 6.07 Å². The molecule has 0 atom stereocenters. The molecule has 9 heteroatoms. The maximum atomic E-state index is 12.9. The zero-order valence-corrected chi connectivity index (χ0v) is 15.6. The Morgan fingerprint density at radius 2 is 2.04 bits per heavy atom. The highest BCUT2D eigenvalue weighted by Crippen LogP contribution is 2.30. The Hall–Kier alpha value is -2.39. The fraction of sp³-hybridized carbons (Fsp3) is 0.474. The van der Waals surface area contributed by atoms with Gasteiger partial charge in [-0.15, -0.1) is 0 Å². The van der Waals surface area contributed by atoms with E-state index in [-0.39, 0.29) is 11.6 Å². The summed E-state index contributed by atoms with van der Waals surface area (Å²) in [7, 11) is 0. The van der Waals surface area contributed by atoms with Gasteiger partial charge in [0.1, 0.15) is 0 Å². The van der Waals surface area contributed by atoms with Gasteiger partial charge >= 0.3 is 6.18 Å². The first kappa shape index (κ1) is 20.3. The molecule has 1 N–H and O–H groups in total. The molecule has 0 unspecified atom stereocenters. The fourth-order valence-corrected chi connectivity index (χ4v) is 3.13. The Morgan fingerprint density at radius 1 is 1.29 bits per heavy atom. The third-order valence-corrected chi connectivity index (χ3v) is 4.71. The summed E-state index contributed by atoms with van der Waals surface area (Å²) in [6.07, 6.45) is -2.24. The molecule has 0 radical (unpaired) electrons. The van der Waals surface area contributed by atoms with Crippen molar-refractivity contribution in [2.45, 2.75) is 19.5 Å². The molecular formula is C19H23F3N4O2. The molecule has 1 aliphatic rings. The Bertz CT molecular complexity index is 814. The van der Waals surface area contributed by atoms with E-state index in [1.165, 1.54) is 23.0 Å². The minimum atomic E-state index is -4.43. The van der Waals surface area contributed by atoms with Gasteiger partial charge in [0.05, 0.1) is 41.9 Å². The first-order valence-corrected chi connectivity index (χ1v) is 9.17. The average Bonchev–Trinajstić information content (AvgIpc) is 3.07. The van der Waals surface area contributed by atoms with Crippen LogP contribution in [0.3, 0.4) is 0 Å². The summed E-state index contributed by atoms with van der Waals surface area (Å²) >= 11 is 0. The molecular weight excluding hydrogens is 373 g/mol. The van der Waals surface area contributed by atoms with Gasteiger partial charge in [0.2, 0.25) is 0 Å². The zero-order valence-electron chi connectivity index (χ0n) is 15.6. The Morgan fingerprint density at radius 3 is 2.75 bits per heavy atom. The molecule has 6 nitrogen and oxygen atoms in total. The molecule has 2 heterocycles. The van der Waals surface area contributed by atoms with Gasteiger partial charge in [0, 0.05) is 19.6 Å². The van der Waals surface area contributed by atoms with Crippen molar-refractivity contribution in [1.29, 1.82) is 0 Å². The molecule has 0 spiro atoms. The number of amides is 1. The number of nitrogens with one attached hydrogen (secondary N) is 1. The van der Waals surface area contributed by atoms with Gasteiger partial charge in [-0.2, -0.15) is 18.3 Å². The lowest BCUT2D eigenvalue weighted by molar-refractivity contribution is -0.137. The zero-order chi connectivity index (χ0) is 20.1. The van der Waals surface area contributed by atoms with E-state index in [9.17, 15) is 18.0 Å². The number of hydrogen-bond donors (Lipinski definition) is 1. The van der Waals surface area contributed by atoms with E-state index >= 15 is 0 Å². The van der Waals surface area contributed by atoms with Crippen LogP contribution in [0.1, 0.15) is 28.0 Å². The normalized spacial score (nSPS) is 15.6. The first-order chi connectivity index (χ1) is 13.4. The Labute approximate surface area is 161 Å². The smallest absolute Gasteiger partial charge is 0.379 e. The SMILES string of the molecule is Cc1c(C(=O)NCCCN2CCOCC2)cnn1-c1cccc(C(F)(F)F)c1. The van der Waals surface area contributed by atoms with Crippen molar-refractivity contribution in [3.63, 3.8) is 0 Å². The largest absolute Gasteiger partial charge is 0.416 e. The van der Waals surface area contributed by atoms with Crippen molar-refractivity contribution in [3.8, 4) is 5.69 Å². The van der Waals surface area contributed by atoms with Crippen molar-refractivity contribution < 1.29 is 22.7 Å². The van der Waals surface area contributed by atoms with Gasteiger partial charge in [0.15, 0.2) is 0 Å². The van der Waals surface area contributed by atoms with Gasteiger partial charge in [-0.05, 0) is 38.1 Å². The molecule has 152 valence electrons. The fourth-order valence-electron chi connectivity index (χ4n) is 3.13. The lowest BCUT2D eigenvalue weighted by atomic mass is 10.2. The van der Waals surface area contributed by atoms with Crippen LogP contribution in [0.2, 0.25) is 0 Å². The summed E-state index contributed by atoms with van der Waals surface area (Å²) in [6, 6.07) is 4.87. The van der Waals surface area contributed by atoms with Crippen LogP contribution >= 0.6 is 0 Å². The topological polar surface area (TPSA) is 59.4 Å². The second kappa shape index (κ2) is 8.74. The summed E-state index contributed by atoms with van der Waals surface area (Å²) in [5.74, 6) is -0.280. The number of rotatable bonds is 6. The Balaban J connectivity index is 1.60. The summed E-state index contributed by atoms with van der Waals surface area (Å²) in [6.45, 7) is 6.33. The number of alkyl halides is 3. The van der Waals surface area contributed by atoms with E-state index in [1.807, 2.05) is 0 Å². The van der Waals surface area contributed by atoms with E-state index in [0.29, 0.717) is 17.8 Å². The van der Waals surface area contributed by atoms with Gasteiger partial charge in [-0.3, -0.25) is 9.69 Å². The standard InChI is InChI=1S/C19H23F3N4O2/c1-14-17(18(27)23-6-3-7-25-8-10-28-11-9-25)13-24-26(14)16-5-2-4-15(12-16)19(20,21)22/h2,4-5,12-13H,3,6-11H2,1H3,(H,23,27). The van der Waals surface area contributed by atoms with Gasteiger partial charge in [0.25, 0.3) is 5.91 Å². The molecule has 1 aromatic carbocycles. The molecule has 0 aliphatic carbocycles. The maximum Gasteiger partial charge on any atom is 0.416 e. The second-order valence-corrected chi connectivity index (χ2v) is 6.67. The van der Waals surface area contributed by atoms with Crippen molar-refractivity contribution in [1.82, 2.24) is 20.0 Å². The van der Waals surface area contributed by atoms with Crippen molar-refractivity contribution in [2.24, 2.45) is 0 Å². The maximum absolute atomic E-state index is 12.9. The molecule has 1 aliphatic heterocycles. The molecule has 0 bridgehead atoms. The molecule has 1 aromatic heterocycles. The van der Waals surface area contributed by atoms with E-state index < -0.39 is 11.7 Å². The highest BCUT2D eigenvalue weighted by Gasteiger charge is 2.30. The van der Waals surface area contributed by atoms with Crippen LogP contribution in [-0.4, -0.2) is 60.0 Å². The summed E-state index contributed by atoms with van der Waals surface area (Å²) < 4.78 is 45.4. The van der Waals surface area contributed by atoms with Crippen molar-refractivity contribution in [2.75, 3.05) is 39.4 Å². The highest BCUT2D eigenvalue weighted by molar-refractivity contribution is 5.95. The summed E-state index contributed by atoms with van der Waals surface area (Å²) in [4.78, 5) is 14.7. The van der Waals surface area contributed by atoms with Crippen LogP contribution in [-0.2, 0) is 10.9 Å². The predicted molar refractivity (Wildman–Crippen MR) is 97.5 cm³/mol. The number of hydrogen-bond acceptors (Lipinski definition) is 4. The number of ether oxygens (including phenoxy) is 1. The number of aromatic nitrogens is 2. The predicted octanol–water partition coefficient (Wildman–Crippen LogP) is 2.65.